The highest BCUT2D eigenvalue weighted by molar-refractivity contribution is 5.30. The third-order valence-electron chi connectivity index (χ3n) is 7.06. The lowest BCUT2D eigenvalue weighted by Crippen LogP contribution is -2.40. The van der Waals surface area contributed by atoms with Gasteiger partial charge in [0.05, 0.1) is 11.3 Å². The van der Waals surface area contributed by atoms with Gasteiger partial charge in [0.2, 0.25) is 0 Å². The number of hydrogen-bond donors (Lipinski definition) is 1. The zero-order valence-electron chi connectivity index (χ0n) is 20.9. The monoisotopic (exact) mass is 485 g/mol. The number of halogens is 3. The Balaban J connectivity index is 1.96. The Bertz CT molecular complexity index is 963. The molecule has 0 radical (unpaired) electrons. The Kier molecular flexibility index (Phi) is 9.23. The van der Waals surface area contributed by atoms with E-state index < -0.39 is 11.7 Å². The van der Waals surface area contributed by atoms with E-state index in [9.17, 15) is 18.3 Å². The molecule has 1 N–H and O–H groups in total. The van der Waals surface area contributed by atoms with Gasteiger partial charge in [-0.1, -0.05) is 62.9 Å². The molecule has 1 saturated heterocycles. The number of rotatable bonds is 10. The molecule has 1 aliphatic heterocycles. The van der Waals surface area contributed by atoms with Crippen LogP contribution >= 0.6 is 0 Å². The van der Waals surface area contributed by atoms with E-state index in [2.05, 4.69) is 56.2 Å². The zero-order valence-corrected chi connectivity index (χ0v) is 20.9. The van der Waals surface area contributed by atoms with Crippen LogP contribution in [-0.2, 0) is 12.6 Å². The van der Waals surface area contributed by atoms with Gasteiger partial charge in [-0.2, -0.15) is 13.2 Å². The van der Waals surface area contributed by atoms with Crippen molar-refractivity contribution in [3.05, 3.63) is 95.8 Å². The lowest BCUT2D eigenvalue weighted by molar-refractivity contribution is -0.137. The van der Waals surface area contributed by atoms with Crippen LogP contribution in [0, 0.1) is 11.8 Å². The maximum atomic E-state index is 13.2. The molecule has 190 valence electrons. The van der Waals surface area contributed by atoms with Crippen LogP contribution in [0.25, 0.3) is 0 Å². The minimum atomic E-state index is -4.34. The second-order valence-electron chi connectivity index (χ2n) is 10.3. The molecular formula is C30H38F3NO. The number of aliphatic hydroxyl groups is 1. The first kappa shape index (κ1) is 27.1. The smallest absolute Gasteiger partial charge is 0.416 e. The summed E-state index contributed by atoms with van der Waals surface area (Å²) < 4.78 is 39.6. The number of hydrogen-bond acceptors (Lipinski definition) is 2. The average Bonchev–Trinajstić information content (AvgIpc) is 2.80. The van der Waals surface area contributed by atoms with Crippen molar-refractivity contribution in [1.82, 2.24) is 4.90 Å². The van der Waals surface area contributed by atoms with E-state index in [-0.39, 0.29) is 17.8 Å². The predicted octanol–water partition coefficient (Wildman–Crippen LogP) is 8.83. The molecule has 5 heteroatoms. The van der Waals surface area contributed by atoms with Gasteiger partial charge in [-0.3, -0.25) is 4.90 Å². The van der Waals surface area contributed by atoms with Gasteiger partial charge >= 0.3 is 6.18 Å². The molecule has 1 unspecified atom stereocenters. The maximum absolute atomic E-state index is 13.2. The van der Waals surface area contributed by atoms with Crippen LogP contribution in [0.5, 0.6) is 0 Å². The second-order valence-corrected chi connectivity index (χ2v) is 10.3. The standard InChI is InChI=1S/C30H38F3NO/c1-5-6-23-8-10-26(11-9-23)29-20-24(19-22(4)35)17-18-34(29)28(16-7-21(2)3)25-12-14-27(15-13-25)30(31,32)33/h5,8-15,21,24,28-29,35H,1,4,6-7,16-20H2,2-3H3/t24-,28+,29?/m0/s1. The molecule has 0 aromatic heterocycles. The van der Waals surface area contributed by atoms with Crippen molar-refractivity contribution in [2.75, 3.05) is 6.54 Å². The molecule has 0 amide bonds. The van der Waals surface area contributed by atoms with E-state index in [1.165, 1.54) is 23.3 Å². The highest BCUT2D eigenvalue weighted by atomic mass is 19.4. The fraction of sp³-hybridized carbons (Fsp3) is 0.467. The van der Waals surface area contributed by atoms with Gasteiger partial charge in [-0.25, -0.2) is 0 Å². The van der Waals surface area contributed by atoms with Crippen molar-refractivity contribution in [2.24, 2.45) is 11.8 Å². The summed E-state index contributed by atoms with van der Waals surface area (Å²) in [7, 11) is 0. The second kappa shape index (κ2) is 11.9. The third kappa shape index (κ3) is 7.47. The first-order chi connectivity index (χ1) is 16.6. The first-order valence-electron chi connectivity index (χ1n) is 12.6. The number of nitrogens with zero attached hydrogens (tertiary/aromatic N) is 1. The van der Waals surface area contributed by atoms with Crippen LogP contribution in [0.15, 0.2) is 73.5 Å². The normalized spacial score (nSPS) is 20.1. The Morgan fingerprint density at radius 1 is 1.09 bits per heavy atom. The molecule has 0 aliphatic carbocycles. The van der Waals surface area contributed by atoms with Gasteiger partial charge in [-0.05, 0) is 79.3 Å². The van der Waals surface area contributed by atoms with Gasteiger partial charge in [-0.15, -0.1) is 6.58 Å². The summed E-state index contributed by atoms with van der Waals surface area (Å²) in [5.41, 5.74) is 2.72. The topological polar surface area (TPSA) is 23.5 Å². The van der Waals surface area contributed by atoms with Gasteiger partial charge < -0.3 is 5.11 Å². The molecular weight excluding hydrogens is 447 g/mol. The van der Waals surface area contributed by atoms with Crippen molar-refractivity contribution in [1.29, 1.82) is 0 Å². The van der Waals surface area contributed by atoms with Crippen molar-refractivity contribution >= 4 is 0 Å². The summed E-state index contributed by atoms with van der Waals surface area (Å²) in [4.78, 5) is 2.48. The van der Waals surface area contributed by atoms with E-state index in [0.717, 1.165) is 44.2 Å². The molecule has 1 aliphatic rings. The molecule has 3 rings (SSSR count). The van der Waals surface area contributed by atoms with Crippen molar-refractivity contribution in [3.63, 3.8) is 0 Å². The van der Waals surface area contributed by atoms with Crippen LogP contribution in [-0.4, -0.2) is 16.6 Å². The third-order valence-corrected chi connectivity index (χ3v) is 7.06. The fourth-order valence-electron chi connectivity index (χ4n) is 5.23. The Morgan fingerprint density at radius 2 is 1.74 bits per heavy atom. The number of piperidine rings is 1. The number of alkyl halides is 3. The molecule has 0 saturated carbocycles. The molecule has 0 bridgehead atoms. The summed E-state index contributed by atoms with van der Waals surface area (Å²) in [6.07, 6.45) is 2.60. The van der Waals surface area contributed by atoms with Crippen molar-refractivity contribution in [3.8, 4) is 0 Å². The van der Waals surface area contributed by atoms with Crippen LogP contribution in [0.4, 0.5) is 13.2 Å². The number of aliphatic hydroxyl groups excluding tert-OH is 1. The van der Waals surface area contributed by atoms with E-state index in [1.54, 1.807) is 12.1 Å². The number of likely N-dealkylation sites (tertiary alicyclic amines) is 1. The Morgan fingerprint density at radius 3 is 2.29 bits per heavy atom. The fourth-order valence-corrected chi connectivity index (χ4v) is 5.23. The molecule has 2 nitrogen and oxygen atoms in total. The van der Waals surface area contributed by atoms with Gasteiger partial charge in [0, 0.05) is 18.5 Å². The van der Waals surface area contributed by atoms with Crippen LogP contribution in [0.2, 0.25) is 0 Å². The van der Waals surface area contributed by atoms with Gasteiger partial charge in [0.25, 0.3) is 0 Å². The van der Waals surface area contributed by atoms with Crippen LogP contribution in [0.1, 0.15) is 80.3 Å². The van der Waals surface area contributed by atoms with E-state index in [1.807, 2.05) is 6.08 Å². The Hall–Kier alpha value is -2.53. The lowest BCUT2D eigenvalue weighted by atomic mass is 9.82. The molecule has 1 fully saturated rings. The molecule has 2 aromatic carbocycles. The minimum Gasteiger partial charge on any atom is -0.513 e. The molecule has 3 atom stereocenters. The lowest BCUT2D eigenvalue weighted by Gasteiger charge is -2.45. The van der Waals surface area contributed by atoms with E-state index >= 15 is 0 Å². The highest BCUT2D eigenvalue weighted by Gasteiger charge is 2.36. The number of allylic oxidation sites excluding steroid dienone is 2. The number of benzene rings is 2. The summed E-state index contributed by atoms with van der Waals surface area (Å²) in [5, 5.41) is 9.84. The highest BCUT2D eigenvalue weighted by Crippen LogP contribution is 2.43. The van der Waals surface area contributed by atoms with Gasteiger partial charge in [0.1, 0.15) is 0 Å². The average molecular weight is 486 g/mol. The summed E-state index contributed by atoms with van der Waals surface area (Å²) >= 11 is 0. The molecule has 2 aromatic rings. The summed E-state index contributed by atoms with van der Waals surface area (Å²) in [6.45, 7) is 12.7. The Labute approximate surface area is 208 Å². The zero-order chi connectivity index (χ0) is 25.6. The largest absolute Gasteiger partial charge is 0.513 e. The summed E-state index contributed by atoms with van der Waals surface area (Å²) in [6, 6.07) is 14.5. The van der Waals surface area contributed by atoms with Crippen LogP contribution in [0.3, 0.4) is 0 Å². The van der Waals surface area contributed by atoms with Crippen molar-refractivity contribution < 1.29 is 18.3 Å². The first-order valence-corrected chi connectivity index (χ1v) is 12.6. The quantitative estimate of drug-likeness (QED) is 0.268. The molecule has 1 heterocycles. The summed E-state index contributed by atoms with van der Waals surface area (Å²) in [5.74, 6) is 1.03. The van der Waals surface area contributed by atoms with Crippen molar-refractivity contribution in [2.45, 2.75) is 70.6 Å². The van der Waals surface area contributed by atoms with Crippen LogP contribution < -0.4 is 0 Å². The van der Waals surface area contributed by atoms with E-state index in [0.29, 0.717) is 18.3 Å². The predicted molar refractivity (Wildman–Crippen MR) is 137 cm³/mol. The maximum Gasteiger partial charge on any atom is 0.416 e. The molecule has 35 heavy (non-hydrogen) atoms. The van der Waals surface area contributed by atoms with E-state index in [4.69, 9.17) is 0 Å². The van der Waals surface area contributed by atoms with Gasteiger partial charge in [0.15, 0.2) is 0 Å². The molecule has 0 spiro atoms. The minimum absolute atomic E-state index is 0.0239. The SMILES string of the molecule is C=CCc1ccc(C2C[C@H](CC(=C)O)CCN2[C@H](CCC(C)C)c2ccc(C(F)(F)F)cc2)cc1.